The summed E-state index contributed by atoms with van der Waals surface area (Å²) in [6.07, 6.45) is -1.46. The van der Waals surface area contributed by atoms with Crippen molar-refractivity contribution < 1.29 is 27.4 Å². The topological polar surface area (TPSA) is 59.6 Å². The average Bonchev–Trinajstić information content (AvgIpc) is 2.64. The summed E-state index contributed by atoms with van der Waals surface area (Å²) >= 11 is 0. The van der Waals surface area contributed by atoms with Gasteiger partial charge in [-0.1, -0.05) is 12.7 Å². The third-order valence-corrected chi connectivity index (χ3v) is 4.65. The lowest BCUT2D eigenvalue weighted by Gasteiger charge is -2.37. The Hall–Kier alpha value is -1.77. The number of hydrogen-bond acceptors (Lipinski definition) is 4. The first-order chi connectivity index (χ1) is 12.8. The maximum absolute atomic E-state index is 13.0. The highest BCUT2D eigenvalue weighted by molar-refractivity contribution is 5.97. The highest BCUT2D eigenvalue weighted by Crippen LogP contribution is 2.33. The summed E-state index contributed by atoms with van der Waals surface area (Å²) < 4.78 is 49.8. The van der Waals surface area contributed by atoms with Crippen LogP contribution in [0.1, 0.15) is 28.8 Å². The molecule has 2 rings (SSSR count). The molecule has 1 aromatic rings. The van der Waals surface area contributed by atoms with E-state index in [1.54, 1.807) is 7.11 Å². The van der Waals surface area contributed by atoms with Crippen LogP contribution in [0.3, 0.4) is 0 Å². The summed E-state index contributed by atoms with van der Waals surface area (Å²) in [4.78, 5) is 12.7. The van der Waals surface area contributed by atoms with Crippen molar-refractivity contribution in [2.24, 2.45) is 5.41 Å². The molecule has 0 saturated carbocycles. The number of ether oxygens (including phenoxy) is 2. The lowest BCUT2D eigenvalue weighted by Crippen LogP contribution is -2.47. The quantitative estimate of drug-likeness (QED) is 0.630. The molecule has 1 amide bonds. The Balaban J connectivity index is 0.00000392. The number of hydrogen-bond donors (Lipinski definition) is 2. The van der Waals surface area contributed by atoms with Gasteiger partial charge < -0.3 is 20.1 Å². The van der Waals surface area contributed by atoms with Crippen molar-refractivity contribution in [2.45, 2.75) is 19.0 Å². The molecule has 1 heterocycles. The number of rotatable bonds is 8. The van der Waals surface area contributed by atoms with E-state index in [1.165, 1.54) is 6.08 Å². The normalized spacial score (nSPS) is 16.0. The van der Waals surface area contributed by atoms with E-state index in [0.717, 1.165) is 44.1 Å². The number of halogens is 4. The second-order valence-corrected chi connectivity index (χ2v) is 6.67. The predicted octanol–water partition coefficient (Wildman–Crippen LogP) is 3.44. The van der Waals surface area contributed by atoms with E-state index in [2.05, 4.69) is 17.2 Å². The lowest BCUT2D eigenvalue weighted by atomic mass is 9.79. The fourth-order valence-electron chi connectivity index (χ4n) is 3.16. The summed E-state index contributed by atoms with van der Waals surface area (Å²) in [5.41, 5.74) is -1.28. The highest BCUT2D eigenvalue weighted by Gasteiger charge is 2.34. The van der Waals surface area contributed by atoms with Crippen molar-refractivity contribution in [3.8, 4) is 5.75 Å². The van der Waals surface area contributed by atoms with Crippen molar-refractivity contribution >= 4 is 18.3 Å². The molecule has 0 unspecified atom stereocenters. The Kier molecular flexibility index (Phi) is 9.26. The first kappa shape index (κ1) is 24.3. The van der Waals surface area contributed by atoms with Gasteiger partial charge >= 0.3 is 6.18 Å². The molecule has 0 atom stereocenters. The van der Waals surface area contributed by atoms with Crippen molar-refractivity contribution in [3.05, 3.63) is 42.0 Å². The Morgan fingerprint density at radius 2 is 2.04 bits per heavy atom. The monoisotopic (exact) mass is 422 g/mol. The van der Waals surface area contributed by atoms with E-state index >= 15 is 0 Å². The van der Waals surface area contributed by atoms with E-state index in [0.29, 0.717) is 13.2 Å². The van der Waals surface area contributed by atoms with Gasteiger partial charge in [0.05, 0.1) is 17.7 Å². The van der Waals surface area contributed by atoms with Crippen LogP contribution in [-0.4, -0.2) is 45.9 Å². The second-order valence-electron chi connectivity index (χ2n) is 6.67. The molecule has 0 radical (unpaired) electrons. The van der Waals surface area contributed by atoms with Crippen LogP contribution in [-0.2, 0) is 10.9 Å². The Morgan fingerprint density at radius 3 is 2.61 bits per heavy atom. The van der Waals surface area contributed by atoms with Crippen molar-refractivity contribution in [2.75, 3.05) is 40.0 Å². The minimum atomic E-state index is -4.54. The second kappa shape index (κ2) is 10.7. The fraction of sp³-hybridized carbons (Fsp3) is 0.526. The van der Waals surface area contributed by atoms with Gasteiger partial charge in [-0.25, -0.2) is 0 Å². The van der Waals surface area contributed by atoms with Gasteiger partial charge in [0.25, 0.3) is 5.91 Å². The average molecular weight is 423 g/mol. The zero-order valence-corrected chi connectivity index (χ0v) is 16.5. The van der Waals surface area contributed by atoms with Crippen LogP contribution in [0.15, 0.2) is 30.9 Å². The summed E-state index contributed by atoms with van der Waals surface area (Å²) in [5, 5.41) is 6.02. The van der Waals surface area contributed by atoms with E-state index in [9.17, 15) is 18.0 Å². The molecule has 1 aromatic carbocycles. The van der Waals surface area contributed by atoms with Gasteiger partial charge in [-0.3, -0.25) is 4.79 Å². The van der Waals surface area contributed by atoms with Crippen LogP contribution in [0.5, 0.6) is 5.75 Å². The Morgan fingerprint density at radius 1 is 1.36 bits per heavy atom. The number of alkyl halides is 3. The molecule has 0 bridgehead atoms. The van der Waals surface area contributed by atoms with Gasteiger partial charge in [0.15, 0.2) is 0 Å². The summed E-state index contributed by atoms with van der Waals surface area (Å²) in [6, 6.07) is 2.88. The number of methoxy groups -OCH3 is 1. The number of carbonyl (C=O) groups excluding carboxylic acids is 1. The van der Waals surface area contributed by atoms with Gasteiger partial charge in [0.2, 0.25) is 0 Å². The standard InChI is InChI=1S/C19H25F3N2O3.ClH/c1-3-10-27-16-5-4-14(19(20,21)22)11-15(16)17(25)24-12-18(13-26-2)6-8-23-9-7-18;/h3-5,11,23H,1,6-10,12-13H2,2H3,(H,24,25);1H. The largest absolute Gasteiger partial charge is 0.489 e. The lowest BCUT2D eigenvalue weighted by molar-refractivity contribution is -0.137. The van der Waals surface area contributed by atoms with E-state index in [4.69, 9.17) is 9.47 Å². The van der Waals surface area contributed by atoms with Crippen LogP contribution >= 0.6 is 12.4 Å². The number of amides is 1. The van der Waals surface area contributed by atoms with Crippen molar-refractivity contribution in [3.63, 3.8) is 0 Å². The number of nitrogens with one attached hydrogen (secondary N) is 2. The molecule has 2 N–H and O–H groups in total. The number of piperidine rings is 1. The van der Waals surface area contributed by atoms with Crippen LogP contribution in [0.2, 0.25) is 0 Å². The molecule has 0 spiro atoms. The molecule has 1 fully saturated rings. The van der Waals surface area contributed by atoms with Crippen LogP contribution in [0.4, 0.5) is 13.2 Å². The van der Waals surface area contributed by atoms with Gasteiger partial charge in [0, 0.05) is 19.1 Å². The molecule has 0 aromatic heterocycles. The Labute approximate surface area is 169 Å². The first-order valence-electron chi connectivity index (χ1n) is 8.74. The molecule has 9 heteroatoms. The van der Waals surface area contributed by atoms with Crippen LogP contribution < -0.4 is 15.4 Å². The highest BCUT2D eigenvalue weighted by atomic mass is 35.5. The molecule has 5 nitrogen and oxygen atoms in total. The minimum Gasteiger partial charge on any atom is -0.489 e. The molecular weight excluding hydrogens is 397 g/mol. The molecule has 158 valence electrons. The van der Waals surface area contributed by atoms with Gasteiger partial charge in [0.1, 0.15) is 12.4 Å². The predicted molar refractivity (Wildman–Crippen MR) is 103 cm³/mol. The summed E-state index contributed by atoms with van der Waals surface area (Å²) in [6.45, 7) is 5.99. The maximum Gasteiger partial charge on any atom is 0.416 e. The molecule has 1 saturated heterocycles. The van der Waals surface area contributed by atoms with Gasteiger partial charge in [-0.05, 0) is 44.1 Å². The summed E-state index contributed by atoms with van der Waals surface area (Å²) in [5.74, 6) is -0.513. The third kappa shape index (κ3) is 6.39. The van der Waals surface area contributed by atoms with E-state index in [1.807, 2.05) is 0 Å². The fourth-order valence-corrected chi connectivity index (χ4v) is 3.16. The summed E-state index contributed by atoms with van der Waals surface area (Å²) in [7, 11) is 1.60. The van der Waals surface area contributed by atoms with Crippen molar-refractivity contribution in [1.82, 2.24) is 10.6 Å². The first-order valence-corrected chi connectivity index (χ1v) is 8.74. The molecular formula is C19H26ClF3N2O3. The number of benzene rings is 1. The van der Waals surface area contributed by atoms with Crippen LogP contribution in [0, 0.1) is 5.41 Å². The van der Waals surface area contributed by atoms with Crippen LogP contribution in [0.25, 0.3) is 0 Å². The molecule has 1 aliphatic rings. The maximum atomic E-state index is 13.0. The third-order valence-electron chi connectivity index (χ3n) is 4.65. The van der Waals surface area contributed by atoms with E-state index in [-0.39, 0.29) is 35.7 Å². The molecule has 1 aliphatic heterocycles. The van der Waals surface area contributed by atoms with Gasteiger partial charge in [-0.15, -0.1) is 12.4 Å². The molecule has 28 heavy (non-hydrogen) atoms. The smallest absolute Gasteiger partial charge is 0.416 e. The molecule has 0 aliphatic carbocycles. The SMILES string of the molecule is C=CCOc1ccc(C(F)(F)F)cc1C(=O)NCC1(COC)CCNCC1.Cl. The Bertz CT molecular complexity index is 657. The minimum absolute atomic E-state index is 0. The van der Waals surface area contributed by atoms with Gasteiger partial charge in [-0.2, -0.15) is 13.2 Å². The van der Waals surface area contributed by atoms with Crippen molar-refractivity contribution in [1.29, 1.82) is 0 Å². The number of carbonyl (C=O) groups is 1. The van der Waals surface area contributed by atoms with E-state index < -0.39 is 17.6 Å². The zero-order valence-electron chi connectivity index (χ0n) is 15.7. The zero-order chi connectivity index (χ0) is 19.9.